The number of hydrogen-bond donors (Lipinski definition) is 2. The van der Waals surface area contributed by atoms with Gasteiger partial charge in [0.15, 0.2) is 5.13 Å². The van der Waals surface area contributed by atoms with Crippen molar-refractivity contribution < 1.29 is 14.6 Å². The lowest BCUT2D eigenvalue weighted by atomic mass is 10.5. The number of carbonyl (C=O) groups excluding carboxylic acids is 1. The highest BCUT2D eigenvalue weighted by molar-refractivity contribution is 7.16. The van der Waals surface area contributed by atoms with Crippen molar-refractivity contribution in [1.29, 1.82) is 0 Å². The first-order valence-corrected chi connectivity index (χ1v) is 5.51. The third-order valence-electron chi connectivity index (χ3n) is 1.48. The van der Waals surface area contributed by atoms with Crippen molar-refractivity contribution in [1.82, 2.24) is 4.98 Å². The van der Waals surface area contributed by atoms with E-state index in [1.54, 1.807) is 6.20 Å². The maximum absolute atomic E-state index is 11.2. The maximum Gasteiger partial charge on any atom is 0.252 e. The molecule has 0 aliphatic rings. The minimum absolute atomic E-state index is 0.0216. The van der Waals surface area contributed by atoms with E-state index in [4.69, 9.17) is 9.84 Å². The van der Waals surface area contributed by atoms with Crippen molar-refractivity contribution in [3.8, 4) is 11.8 Å². The van der Waals surface area contributed by atoms with E-state index in [1.807, 2.05) is 6.92 Å². The Kier molecular flexibility index (Phi) is 5.50. The van der Waals surface area contributed by atoms with Gasteiger partial charge in [-0.15, -0.1) is 0 Å². The lowest BCUT2D eigenvalue weighted by Gasteiger charge is -2.00. The second-order valence-corrected chi connectivity index (χ2v) is 3.71. The smallest absolute Gasteiger partial charge is 0.252 e. The van der Waals surface area contributed by atoms with Crippen LogP contribution >= 0.6 is 11.3 Å². The van der Waals surface area contributed by atoms with Gasteiger partial charge in [0.2, 0.25) is 0 Å². The number of rotatable bonds is 4. The molecular formula is C10H12N2O3S. The SMILES string of the molecule is CCOCC(=O)Nc1ncc(C#CCO)s1. The van der Waals surface area contributed by atoms with Crippen LogP contribution in [0.3, 0.4) is 0 Å². The number of aliphatic hydroxyl groups is 1. The van der Waals surface area contributed by atoms with E-state index in [-0.39, 0.29) is 19.1 Å². The molecule has 5 nitrogen and oxygen atoms in total. The zero-order valence-electron chi connectivity index (χ0n) is 8.82. The van der Waals surface area contributed by atoms with E-state index >= 15 is 0 Å². The van der Waals surface area contributed by atoms with Crippen molar-refractivity contribution in [2.24, 2.45) is 0 Å². The van der Waals surface area contributed by atoms with E-state index in [2.05, 4.69) is 22.1 Å². The molecule has 0 bridgehead atoms. The van der Waals surface area contributed by atoms with Crippen LogP contribution in [0.1, 0.15) is 11.8 Å². The zero-order valence-corrected chi connectivity index (χ0v) is 9.63. The minimum atomic E-state index is -0.238. The third kappa shape index (κ3) is 4.40. The number of ether oxygens (including phenoxy) is 1. The average Bonchev–Trinajstić information content (AvgIpc) is 2.71. The number of anilines is 1. The van der Waals surface area contributed by atoms with E-state index < -0.39 is 0 Å². The van der Waals surface area contributed by atoms with Crippen LogP contribution in [0, 0.1) is 11.8 Å². The highest BCUT2D eigenvalue weighted by atomic mass is 32.1. The normalized spacial score (nSPS) is 9.38. The summed E-state index contributed by atoms with van der Waals surface area (Å²) in [4.78, 5) is 15.9. The number of carbonyl (C=O) groups is 1. The summed E-state index contributed by atoms with van der Waals surface area (Å²) in [5, 5.41) is 11.6. The Balaban J connectivity index is 2.48. The number of thiazole rings is 1. The van der Waals surface area contributed by atoms with Crippen LogP contribution < -0.4 is 5.32 Å². The first kappa shape index (κ1) is 12.6. The first-order chi connectivity index (χ1) is 7.76. The summed E-state index contributed by atoms with van der Waals surface area (Å²) in [5.41, 5.74) is 0. The molecule has 0 aromatic carbocycles. The van der Waals surface area contributed by atoms with Gasteiger partial charge in [0.05, 0.1) is 11.1 Å². The van der Waals surface area contributed by atoms with Crippen LogP contribution in [0.4, 0.5) is 5.13 Å². The number of amides is 1. The number of nitrogens with zero attached hydrogens (tertiary/aromatic N) is 1. The lowest BCUT2D eigenvalue weighted by Crippen LogP contribution is -2.17. The van der Waals surface area contributed by atoms with Gasteiger partial charge in [0, 0.05) is 6.61 Å². The summed E-state index contributed by atoms with van der Waals surface area (Å²) in [7, 11) is 0. The molecule has 0 saturated carbocycles. The molecule has 0 unspecified atom stereocenters. The Morgan fingerprint density at radius 1 is 1.75 bits per heavy atom. The molecule has 1 amide bonds. The van der Waals surface area contributed by atoms with Crippen LogP contribution in [0.15, 0.2) is 6.20 Å². The van der Waals surface area contributed by atoms with E-state index in [0.717, 1.165) is 0 Å². The van der Waals surface area contributed by atoms with Crippen molar-refractivity contribution in [2.75, 3.05) is 25.1 Å². The highest BCUT2D eigenvalue weighted by Crippen LogP contribution is 2.16. The maximum atomic E-state index is 11.2. The standard InChI is InChI=1S/C10H12N2O3S/c1-2-15-7-9(14)12-10-11-6-8(16-10)4-3-5-13/h6,13H,2,5,7H2,1H3,(H,11,12,14). The molecule has 1 aromatic rings. The van der Waals surface area contributed by atoms with Gasteiger partial charge in [-0.05, 0) is 6.92 Å². The van der Waals surface area contributed by atoms with Crippen molar-refractivity contribution in [2.45, 2.75) is 6.92 Å². The highest BCUT2D eigenvalue weighted by Gasteiger charge is 2.05. The summed E-state index contributed by atoms with van der Waals surface area (Å²) in [5.74, 6) is 4.97. The molecule has 0 radical (unpaired) electrons. The molecule has 86 valence electrons. The molecule has 0 aliphatic heterocycles. The van der Waals surface area contributed by atoms with Gasteiger partial charge in [0.1, 0.15) is 13.2 Å². The van der Waals surface area contributed by atoms with Crippen molar-refractivity contribution >= 4 is 22.4 Å². The van der Waals surface area contributed by atoms with Gasteiger partial charge in [0.25, 0.3) is 5.91 Å². The fourth-order valence-corrected chi connectivity index (χ4v) is 1.57. The van der Waals surface area contributed by atoms with Gasteiger partial charge < -0.3 is 9.84 Å². The van der Waals surface area contributed by atoms with Crippen LogP contribution in [0.25, 0.3) is 0 Å². The fourth-order valence-electron chi connectivity index (χ4n) is 0.866. The van der Waals surface area contributed by atoms with Crippen molar-refractivity contribution in [3.05, 3.63) is 11.1 Å². The Labute approximate surface area is 97.5 Å². The molecule has 16 heavy (non-hydrogen) atoms. The molecular weight excluding hydrogens is 228 g/mol. The molecule has 2 N–H and O–H groups in total. The quantitative estimate of drug-likeness (QED) is 0.750. The number of nitrogens with one attached hydrogen (secondary N) is 1. The average molecular weight is 240 g/mol. The topological polar surface area (TPSA) is 71.5 Å². The van der Waals surface area contributed by atoms with Gasteiger partial charge in [-0.3, -0.25) is 10.1 Å². The van der Waals surface area contributed by atoms with Gasteiger partial charge >= 0.3 is 0 Å². The zero-order chi connectivity index (χ0) is 11.8. The lowest BCUT2D eigenvalue weighted by molar-refractivity contribution is -0.120. The number of hydrogen-bond acceptors (Lipinski definition) is 5. The molecule has 0 saturated heterocycles. The van der Waals surface area contributed by atoms with Gasteiger partial charge in [-0.2, -0.15) is 0 Å². The number of aromatic nitrogens is 1. The first-order valence-electron chi connectivity index (χ1n) is 4.69. The monoisotopic (exact) mass is 240 g/mol. The van der Waals surface area contributed by atoms with Crippen LogP contribution in [0.5, 0.6) is 0 Å². The van der Waals surface area contributed by atoms with Crippen LogP contribution in [0.2, 0.25) is 0 Å². The minimum Gasteiger partial charge on any atom is -0.384 e. The molecule has 0 spiro atoms. The Bertz CT molecular complexity index is 406. The molecule has 1 rings (SSSR count). The van der Waals surface area contributed by atoms with Gasteiger partial charge in [-0.25, -0.2) is 4.98 Å². The summed E-state index contributed by atoms with van der Waals surface area (Å²) in [6, 6.07) is 0. The third-order valence-corrected chi connectivity index (χ3v) is 2.31. The molecule has 1 heterocycles. The van der Waals surface area contributed by atoms with Crippen molar-refractivity contribution in [3.63, 3.8) is 0 Å². The Morgan fingerprint density at radius 2 is 2.56 bits per heavy atom. The molecule has 0 aliphatic carbocycles. The Morgan fingerprint density at radius 3 is 3.25 bits per heavy atom. The summed E-state index contributed by atoms with van der Waals surface area (Å²) >= 11 is 1.25. The molecule has 6 heteroatoms. The van der Waals surface area contributed by atoms with Crippen LogP contribution in [-0.4, -0.2) is 35.8 Å². The predicted molar refractivity (Wildman–Crippen MR) is 61.2 cm³/mol. The molecule has 0 atom stereocenters. The number of aliphatic hydroxyl groups excluding tert-OH is 1. The summed E-state index contributed by atoms with van der Waals surface area (Å²) in [6.45, 7) is 2.15. The van der Waals surface area contributed by atoms with E-state index in [9.17, 15) is 4.79 Å². The Hall–Kier alpha value is -1.42. The second-order valence-electron chi connectivity index (χ2n) is 2.67. The molecule has 0 fully saturated rings. The van der Waals surface area contributed by atoms with E-state index in [1.165, 1.54) is 11.3 Å². The fraction of sp³-hybridized carbons (Fsp3) is 0.400. The molecule has 1 aromatic heterocycles. The summed E-state index contributed by atoms with van der Waals surface area (Å²) < 4.78 is 4.94. The van der Waals surface area contributed by atoms with Crippen LogP contribution in [-0.2, 0) is 9.53 Å². The largest absolute Gasteiger partial charge is 0.384 e. The second kappa shape index (κ2) is 6.95. The summed E-state index contributed by atoms with van der Waals surface area (Å²) in [6.07, 6.45) is 1.55. The predicted octanol–water partition coefficient (Wildman–Crippen LogP) is 0.462. The van der Waals surface area contributed by atoms with Gasteiger partial charge in [-0.1, -0.05) is 23.2 Å². The van der Waals surface area contributed by atoms with E-state index in [0.29, 0.717) is 16.6 Å².